The molecule has 0 saturated carbocycles. The van der Waals surface area contributed by atoms with Crippen LogP contribution in [0.25, 0.3) is 0 Å². The molecule has 154 valence electrons. The molecule has 2 aromatic carbocycles. The smallest absolute Gasteiger partial charge is 0.277 e. The molecule has 0 radical (unpaired) electrons. The zero-order chi connectivity index (χ0) is 21.7. The largest absolute Gasteiger partial charge is 0.382 e. The summed E-state index contributed by atoms with van der Waals surface area (Å²) in [6.45, 7) is 0. The maximum atomic E-state index is 13.7. The van der Waals surface area contributed by atoms with Gasteiger partial charge < -0.3 is 16.4 Å². The fourth-order valence-electron chi connectivity index (χ4n) is 2.35. The second-order valence-corrected chi connectivity index (χ2v) is 7.31. The zero-order valence-corrected chi connectivity index (χ0v) is 16.8. The van der Waals surface area contributed by atoms with Crippen molar-refractivity contribution in [1.82, 2.24) is 9.97 Å². The van der Waals surface area contributed by atoms with Crippen LogP contribution in [0.2, 0.25) is 5.02 Å². The minimum atomic E-state index is -0.838. The van der Waals surface area contributed by atoms with E-state index in [0.717, 1.165) is 17.8 Å². The van der Waals surface area contributed by atoms with Crippen molar-refractivity contribution in [3.05, 3.63) is 75.3 Å². The third-order valence-electron chi connectivity index (χ3n) is 3.75. The number of carbonyl (C=O) groups excluding carboxylic acids is 2. The fraction of sp³-hybridized carbons (Fsp3) is 0.0526. The minimum Gasteiger partial charge on any atom is -0.382 e. The van der Waals surface area contributed by atoms with E-state index >= 15 is 0 Å². The predicted molar refractivity (Wildman–Crippen MR) is 114 cm³/mol. The molecule has 0 aliphatic heterocycles. The van der Waals surface area contributed by atoms with Crippen molar-refractivity contribution in [2.75, 3.05) is 22.1 Å². The SMILES string of the molecule is Nc1nc(SCC(=O)Nc2ccc(Cl)cc2)[nH]c(=O)c1NC(=O)c1ccccc1F. The average Bonchev–Trinajstić information content (AvgIpc) is 2.71. The first-order valence-electron chi connectivity index (χ1n) is 8.47. The molecule has 11 heteroatoms. The molecular weight excluding hydrogens is 433 g/mol. The van der Waals surface area contributed by atoms with E-state index in [1.54, 1.807) is 24.3 Å². The summed E-state index contributed by atoms with van der Waals surface area (Å²) in [6.07, 6.45) is 0. The van der Waals surface area contributed by atoms with Crippen LogP contribution in [0.15, 0.2) is 58.5 Å². The Morgan fingerprint density at radius 2 is 1.83 bits per heavy atom. The van der Waals surface area contributed by atoms with E-state index in [2.05, 4.69) is 20.6 Å². The van der Waals surface area contributed by atoms with Crippen LogP contribution in [0.5, 0.6) is 0 Å². The van der Waals surface area contributed by atoms with Gasteiger partial charge in [-0.1, -0.05) is 35.5 Å². The Labute approximate surface area is 179 Å². The standard InChI is InChI=1S/C19H15ClFN5O3S/c20-10-5-7-11(8-6-10)23-14(27)9-30-19-25-16(22)15(18(29)26-19)24-17(28)12-3-1-2-4-13(12)21/h1-8H,9H2,(H,23,27)(H,24,28)(H3,22,25,26,29). The summed E-state index contributed by atoms with van der Waals surface area (Å²) >= 11 is 6.74. The summed E-state index contributed by atoms with van der Waals surface area (Å²) in [7, 11) is 0. The molecule has 30 heavy (non-hydrogen) atoms. The molecule has 0 bridgehead atoms. The Morgan fingerprint density at radius 1 is 1.13 bits per heavy atom. The molecule has 0 saturated heterocycles. The lowest BCUT2D eigenvalue weighted by Gasteiger charge is -2.09. The average molecular weight is 448 g/mol. The summed E-state index contributed by atoms with van der Waals surface area (Å²) < 4.78 is 13.7. The number of thioether (sulfide) groups is 1. The molecule has 0 unspecified atom stereocenters. The third-order valence-corrected chi connectivity index (χ3v) is 4.88. The minimum absolute atomic E-state index is 0.0497. The lowest BCUT2D eigenvalue weighted by molar-refractivity contribution is -0.113. The van der Waals surface area contributed by atoms with Gasteiger partial charge in [0.15, 0.2) is 11.0 Å². The number of nitrogens with zero attached hydrogens (tertiary/aromatic N) is 1. The van der Waals surface area contributed by atoms with E-state index in [-0.39, 0.29) is 33.9 Å². The topological polar surface area (TPSA) is 130 Å². The van der Waals surface area contributed by atoms with Crippen molar-refractivity contribution in [1.29, 1.82) is 0 Å². The maximum Gasteiger partial charge on any atom is 0.277 e. The quantitative estimate of drug-likeness (QED) is 0.339. The van der Waals surface area contributed by atoms with E-state index in [4.69, 9.17) is 17.3 Å². The number of H-pyrrole nitrogens is 1. The molecule has 0 atom stereocenters. The van der Waals surface area contributed by atoms with E-state index in [9.17, 15) is 18.8 Å². The third kappa shape index (κ3) is 5.37. The van der Waals surface area contributed by atoms with Crippen molar-refractivity contribution in [3.63, 3.8) is 0 Å². The Bertz CT molecular complexity index is 1150. The molecule has 1 aromatic heterocycles. The molecule has 8 nitrogen and oxygen atoms in total. The van der Waals surface area contributed by atoms with Gasteiger partial charge in [-0.15, -0.1) is 0 Å². The lowest BCUT2D eigenvalue weighted by atomic mass is 10.2. The van der Waals surface area contributed by atoms with Crippen LogP contribution < -0.4 is 21.9 Å². The van der Waals surface area contributed by atoms with Gasteiger partial charge in [0.1, 0.15) is 11.5 Å². The number of hydrogen-bond donors (Lipinski definition) is 4. The van der Waals surface area contributed by atoms with Crippen LogP contribution in [0.3, 0.4) is 0 Å². The first kappa shape index (κ1) is 21.3. The number of nitrogen functional groups attached to an aromatic ring is 1. The predicted octanol–water partition coefficient (Wildman–Crippen LogP) is 3.13. The Morgan fingerprint density at radius 3 is 2.50 bits per heavy atom. The number of benzene rings is 2. The van der Waals surface area contributed by atoms with Gasteiger partial charge in [0, 0.05) is 10.7 Å². The van der Waals surface area contributed by atoms with Crippen molar-refractivity contribution in [3.8, 4) is 0 Å². The Hall–Kier alpha value is -3.37. The highest BCUT2D eigenvalue weighted by atomic mass is 35.5. The second-order valence-electron chi connectivity index (χ2n) is 5.91. The Balaban J connectivity index is 1.65. The van der Waals surface area contributed by atoms with Crippen LogP contribution >= 0.6 is 23.4 Å². The van der Waals surface area contributed by atoms with Gasteiger partial charge in [0.2, 0.25) is 5.91 Å². The number of nitrogens with one attached hydrogen (secondary N) is 3. The van der Waals surface area contributed by atoms with Gasteiger partial charge in [-0.25, -0.2) is 9.37 Å². The number of halogens is 2. The highest BCUT2D eigenvalue weighted by molar-refractivity contribution is 7.99. The molecule has 5 N–H and O–H groups in total. The normalized spacial score (nSPS) is 10.5. The van der Waals surface area contributed by atoms with E-state index in [1.807, 2.05) is 0 Å². The fourth-order valence-corrected chi connectivity index (χ4v) is 3.14. The van der Waals surface area contributed by atoms with E-state index < -0.39 is 17.3 Å². The first-order valence-corrected chi connectivity index (χ1v) is 9.83. The van der Waals surface area contributed by atoms with Crippen LogP contribution in [-0.4, -0.2) is 27.5 Å². The summed E-state index contributed by atoms with van der Waals surface area (Å²) in [5.41, 5.74) is 5.05. The summed E-state index contributed by atoms with van der Waals surface area (Å²) in [5, 5.41) is 5.56. The molecule has 3 aromatic rings. The van der Waals surface area contributed by atoms with E-state index in [1.165, 1.54) is 18.2 Å². The molecule has 2 amide bonds. The summed E-state index contributed by atoms with van der Waals surface area (Å²) in [4.78, 5) is 42.9. The number of aromatic nitrogens is 2. The number of rotatable bonds is 6. The molecule has 1 heterocycles. The number of hydrogen-bond acceptors (Lipinski definition) is 6. The molecule has 0 fully saturated rings. The van der Waals surface area contributed by atoms with Crippen molar-refractivity contribution in [2.24, 2.45) is 0 Å². The van der Waals surface area contributed by atoms with Gasteiger partial charge in [0.25, 0.3) is 11.5 Å². The van der Waals surface area contributed by atoms with E-state index in [0.29, 0.717) is 10.7 Å². The molecule has 0 spiro atoms. The molecule has 0 aliphatic rings. The van der Waals surface area contributed by atoms with Gasteiger partial charge in [0.05, 0.1) is 11.3 Å². The summed E-state index contributed by atoms with van der Waals surface area (Å²) in [6, 6.07) is 11.9. The maximum absolute atomic E-state index is 13.7. The van der Waals surface area contributed by atoms with Gasteiger partial charge in [-0.05, 0) is 36.4 Å². The number of carbonyl (C=O) groups is 2. The molecule has 3 rings (SSSR count). The highest BCUT2D eigenvalue weighted by Crippen LogP contribution is 2.19. The number of amides is 2. The molecular formula is C19H15ClFN5O3S. The van der Waals surface area contributed by atoms with Crippen LogP contribution in [0.4, 0.5) is 21.6 Å². The summed E-state index contributed by atoms with van der Waals surface area (Å²) in [5.74, 6) is -2.22. The van der Waals surface area contributed by atoms with Crippen LogP contribution in [-0.2, 0) is 4.79 Å². The zero-order valence-electron chi connectivity index (χ0n) is 15.2. The van der Waals surface area contributed by atoms with Gasteiger partial charge in [-0.3, -0.25) is 19.4 Å². The number of nitrogens with two attached hydrogens (primary N) is 1. The lowest BCUT2D eigenvalue weighted by Crippen LogP contribution is -2.24. The monoisotopic (exact) mass is 447 g/mol. The van der Waals surface area contributed by atoms with Crippen molar-refractivity contribution < 1.29 is 14.0 Å². The number of aromatic amines is 1. The van der Waals surface area contributed by atoms with Crippen molar-refractivity contribution in [2.45, 2.75) is 5.16 Å². The van der Waals surface area contributed by atoms with Crippen molar-refractivity contribution >= 4 is 52.4 Å². The second kappa shape index (κ2) is 9.42. The van der Waals surface area contributed by atoms with Crippen LogP contribution in [0, 0.1) is 5.82 Å². The molecule has 0 aliphatic carbocycles. The van der Waals surface area contributed by atoms with Gasteiger partial charge >= 0.3 is 0 Å². The highest BCUT2D eigenvalue weighted by Gasteiger charge is 2.17. The van der Waals surface area contributed by atoms with Gasteiger partial charge in [-0.2, -0.15) is 0 Å². The number of anilines is 3. The Kier molecular flexibility index (Phi) is 6.70. The van der Waals surface area contributed by atoms with Crippen LogP contribution in [0.1, 0.15) is 10.4 Å². The first-order chi connectivity index (χ1) is 14.3.